The molecule has 5 fully saturated rings. The molecule has 4 bridgehead atoms. The second-order valence-corrected chi connectivity index (χ2v) is 11.6. The molecule has 1 aliphatic heterocycles. The molecule has 170 valence electrons. The Morgan fingerprint density at radius 2 is 1.81 bits per heavy atom. The summed E-state index contributed by atoms with van der Waals surface area (Å²) >= 11 is 6.68. The molecule has 2 amide bonds. The number of ether oxygens (including phenoxy) is 1. The molecule has 1 N–H and O–H groups in total. The summed E-state index contributed by atoms with van der Waals surface area (Å²) in [5, 5.41) is 1.29. The number of thioether (sulfide) groups is 1. The van der Waals surface area contributed by atoms with Crippen molar-refractivity contribution in [3.05, 3.63) is 34.7 Å². The van der Waals surface area contributed by atoms with Crippen molar-refractivity contribution in [3.63, 3.8) is 0 Å². The van der Waals surface area contributed by atoms with Gasteiger partial charge in [0.05, 0.1) is 16.9 Å². The van der Waals surface area contributed by atoms with Crippen molar-refractivity contribution in [1.82, 2.24) is 10.4 Å². The Morgan fingerprint density at radius 3 is 2.41 bits per heavy atom. The van der Waals surface area contributed by atoms with E-state index in [2.05, 4.69) is 12.3 Å². The third-order valence-electron chi connectivity index (χ3n) is 7.47. The number of unbranched alkanes of at least 4 members (excludes halogenated alkanes) is 1. The van der Waals surface area contributed by atoms with Crippen molar-refractivity contribution < 1.29 is 14.3 Å². The summed E-state index contributed by atoms with van der Waals surface area (Å²) in [7, 11) is 0. The molecule has 0 radical (unpaired) electrons. The lowest BCUT2D eigenvalue weighted by Crippen LogP contribution is -2.57. The van der Waals surface area contributed by atoms with Crippen LogP contribution in [-0.4, -0.2) is 27.8 Å². The molecule has 5 nitrogen and oxygen atoms in total. The van der Waals surface area contributed by atoms with Crippen LogP contribution in [0.25, 0.3) is 6.08 Å². The summed E-state index contributed by atoms with van der Waals surface area (Å²) in [6.07, 6.45) is 10.7. The van der Waals surface area contributed by atoms with Crippen molar-refractivity contribution in [2.24, 2.45) is 23.2 Å². The van der Waals surface area contributed by atoms with Crippen LogP contribution in [0.3, 0.4) is 0 Å². The number of carbonyl (C=O) groups is 2. The average Bonchev–Trinajstić information content (AvgIpc) is 3.01. The third-order valence-corrected chi connectivity index (χ3v) is 8.77. The molecule has 4 saturated carbocycles. The van der Waals surface area contributed by atoms with Crippen LogP contribution in [-0.2, 0) is 9.59 Å². The quantitative estimate of drug-likeness (QED) is 0.332. The van der Waals surface area contributed by atoms with Crippen LogP contribution in [0.2, 0.25) is 0 Å². The molecular weight excluding hydrogens is 440 g/mol. The van der Waals surface area contributed by atoms with Gasteiger partial charge >= 0.3 is 0 Å². The molecule has 1 saturated heterocycles. The highest BCUT2D eigenvalue weighted by Crippen LogP contribution is 2.60. The van der Waals surface area contributed by atoms with Crippen molar-refractivity contribution in [2.45, 2.75) is 58.3 Å². The molecule has 1 heterocycles. The lowest BCUT2D eigenvalue weighted by molar-refractivity contribution is -0.152. The van der Waals surface area contributed by atoms with E-state index in [1.165, 1.54) is 36.0 Å². The van der Waals surface area contributed by atoms with Gasteiger partial charge in [-0.15, -0.1) is 0 Å². The predicted molar refractivity (Wildman–Crippen MR) is 131 cm³/mol. The van der Waals surface area contributed by atoms with E-state index in [1.54, 1.807) is 0 Å². The predicted octanol–water partition coefficient (Wildman–Crippen LogP) is 5.31. The minimum absolute atomic E-state index is 0.0114. The summed E-state index contributed by atoms with van der Waals surface area (Å²) in [6, 6.07) is 7.69. The topological polar surface area (TPSA) is 58.6 Å². The smallest absolute Gasteiger partial charge is 0.285 e. The first-order valence-electron chi connectivity index (χ1n) is 11.8. The van der Waals surface area contributed by atoms with Crippen LogP contribution in [0.1, 0.15) is 63.9 Å². The van der Waals surface area contributed by atoms with Gasteiger partial charge in [0.25, 0.3) is 5.91 Å². The van der Waals surface area contributed by atoms with Gasteiger partial charge in [0.1, 0.15) is 5.75 Å². The van der Waals surface area contributed by atoms with Crippen LogP contribution in [0.4, 0.5) is 0 Å². The molecule has 0 spiro atoms. The summed E-state index contributed by atoms with van der Waals surface area (Å²) in [4.78, 5) is 26.9. The Morgan fingerprint density at radius 1 is 1.19 bits per heavy atom. The van der Waals surface area contributed by atoms with E-state index < -0.39 is 0 Å². The van der Waals surface area contributed by atoms with Gasteiger partial charge in [-0.3, -0.25) is 15.0 Å². The highest BCUT2D eigenvalue weighted by atomic mass is 32.2. The number of hydrogen-bond donors (Lipinski definition) is 1. The molecule has 6 rings (SSSR count). The van der Waals surface area contributed by atoms with Gasteiger partial charge in [-0.05, 0) is 98.7 Å². The maximum Gasteiger partial charge on any atom is 0.285 e. The number of hydrogen-bond acceptors (Lipinski definition) is 5. The minimum Gasteiger partial charge on any atom is -0.494 e. The van der Waals surface area contributed by atoms with E-state index in [0.29, 0.717) is 33.6 Å². The summed E-state index contributed by atoms with van der Waals surface area (Å²) in [6.45, 7) is 2.84. The molecule has 5 aliphatic rings. The Balaban J connectivity index is 1.25. The van der Waals surface area contributed by atoms with Gasteiger partial charge in [0.15, 0.2) is 4.32 Å². The van der Waals surface area contributed by atoms with Crippen molar-refractivity contribution in [2.75, 3.05) is 6.61 Å². The number of rotatable bonds is 7. The fourth-order valence-electron chi connectivity index (χ4n) is 6.32. The van der Waals surface area contributed by atoms with Gasteiger partial charge in [0.2, 0.25) is 5.91 Å². The van der Waals surface area contributed by atoms with Crippen LogP contribution < -0.4 is 10.2 Å². The normalized spacial score (nSPS) is 32.1. The Kier molecular flexibility index (Phi) is 6.05. The van der Waals surface area contributed by atoms with Crippen molar-refractivity contribution >= 4 is 46.2 Å². The molecule has 0 aromatic heterocycles. The standard InChI is InChI=1S/C25H30N2O3S2/c1-2-3-8-30-20-6-4-16(5-7-20)12-21-22(28)27(24(31)32-21)26-23(29)25-13-17-9-18(14-25)11-19(10-17)15-25/h4-7,12,17-19H,2-3,8-11,13-15H2,1H3,(H,26,29)/b21-12-. The van der Waals surface area contributed by atoms with Gasteiger partial charge in [-0.1, -0.05) is 37.2 Å². The zero-order valence-electron chi connectivity index (χ0n) is 18.5. The first kappa shape index (κ1) is 22.0. The van der Waals surface area contributed by atoms with Crippen LogP contribution in [0.5, 0.6) is 5.75 Å². The monoisotopic (exact) mass is 470 g/mol. The Hall–Kier alpha value is -1.86. The summed E-state index contributed by atoms with van der Waals surface area (Å²) < 4.78 is 6.09. The number of amides is 2. The Bertz CT molecular complexity index is 921. The molecule has 0 unspecified atom stereocenters. The van der Waals surface area contributed by atoms with E-state index in [0.717, 1.165) is 43.4 Å². The number of thiocarbonyl (C=S) groups is 1. The molecular formula is C25H30N2O3S2. The number of carbonyl (C=O) groups excluding carboxylic acids is 2. The van der Waals surface area contributed by atoms with E-state index in [4.69, 9.17) is 17.0 Å². The van der Waals surface area contributed by atoms with E-state index in [-0.39, 0.29) is 17.2 Å². The van der Waals surface area contributed by atoms with E-state index in [9.17, 15) is 9.59 Å². The van der Waals surface area contributed by atoms with Crippen molar-refractivity contribution in [1.29, 1.82) is 0 Å². The van der Waals surface area contributed by atoms with E-state index in [1.807, 2.05) is 30.3 Å². The fraction of sp³-hybridized carbons (Fsp3) is 0.560. The first-order chi connectivity index (χ1) is 15.5. The SMILES string of the molecule is CCCCOc1ccc(/C=C2\SC(=S)N(NC(=O)C34CC5CC(CC(C5)C3)C4)C2=O)cc1. The second-order valence-electron chi connectivity index (χ2n) is 9.93. The highest BCUT2D eigenvalue weighted by molar-refractivity contribution is 8.26. The van der Waals surface area contributed by atoms with Crippen LogP contribution in [0, 0.1) is 23.2 Å². The lowest BCUT2D eigenvalue weighted by Gasteiger charge is -2.55. The largest absolute Gasteiger partial charge is 0.494 e. The highest BCUT2D eigenvalue weighted by Gasteiger charge is 2.55. The third kappa shape index (κ3) is 4.21. The molecule has 1 aromatic rings. The maximum atomic E-state index is 13.3. The molecule has 7 heteroatoms. The number of benzene rings is 1. The average molecular weight is 471 g/mol. The summed E-state index contributed by atoms with van der Waals surface area (Å²) in [5.41, 5.74) is 3.50. The first-order valence-corrected chi connectivity index (χ1v) is 13.0. The number of nitrogens with zero attached hydrogens (tertiary/aromatic N) is 1. The van der Waals surface area contributed by atoms with Gasteiger partial charge in [-0.2, -0.15) is 5.01 Å². The number of hydrazine groups is 1. The lowest BCUT2D eigenvalue weighted by atomic mass is 9.49. The Labute approximate surface area is 199 Å². The minimum atomic E-state index is -0.310. The van der Waals surface area contributed by atoms with Gasteiger partial charge in [-0.25, -0.2) is 0 Å². The van der Waals surface area contributed by atoms with Gasteiger partial charge in [0, 0.05) is 0 Å². The van der Waals surface area contributed by atoms with Crippen LogP contribution >= 0.6 is 24.0 Å². The molecule has 4 aliphatic carbocycles. The fourth-order valence-corrected chi connectivity index (χ4v) is 7.50. The second kappa shape index (κ2) is 8.82. The maximum absolute atomic E-state index is 13.3. The number of nitrogens with one attached hydrogen (secondary N) is 1. The summed E-state index contributed by atoms with van der Waals surface area (Å²) in [5.74, 6) is 2.58. The zero-order valence-corrected chi connectivity index (χ0v) is 20.1. The van der Waals surface area contributed by atoms with E-state index >= 15 is 0 Å². The molecule has 0 atom stereocenters. The molecule has 32 heavy (non-hydrogen) atoms. The van der Waals surface area contributed by atoms with Gasteiger partial charge < -0.3 is 4.74 Å². The molecule has 1 aromatic carbocycles. The van der Waals surface area contributed by atoms with Crippen molar-refractivity contribution in [3.8, 4) is 5.75 Å². The zero-order chi connectivity index (χ0) is 22.3. The van der Waals surface area contributed by atoms with Crippen LogP contribution in [0.15, 0.2) is 29.2 Å².